The van der Waals surface area contributed by atoms with Crippen molar-refractivity contribution in [1.82, 2.24) is 15.1 Å². The van der Waals surface area contributed by atoms with Gasteiger partial charge in [0, 0.05) is 17.1 Å². The monoisotopic (exact) mass is 299 g/mol. The maximum absolute atomic E-state index is 6.27. The van der Waals surface area contributed by atoms with Crippen molar-refractivity contribution < 1.29 is 4.74 Å². The van der Waals surface area contributed by atoms with Gasteiger partial charge in [-0.25, -0.2) is 0 Å². The molecule has 4 nitrogen and oxygen atoms in total. The van der Waals surface area contributed by atoms with Crippen LogP contribution in [0.15, 0.2) is 24.4 Å². The number of aromatic nitrogens is 2. The number of aryl methyl sites for hydroxylation is 1. The molecule has 0 radical (unpaired) electrons. The lowest BCUT2D eigenvalue weighted by atomic mass is 10.0. The number of ether oxygens (including phenoxy) is 1. The predicted molar refractivity (Wildman–Crippen MR) is 77.1 cm³/mol. The second-order valence-corrected chi connectivity index (χ2v) is 4.95. The van der Waals surface area contributed by atoms with Gasteiger partial charge in [0.1, 0.15) is 5.69 Å². The highest BCUT2D eigenvalue weighted by molar-refractivity contribution is 6.33. The van der Waals surface area contributed by atoms with Gasteiger partial charge in [-0.2, -0.15) is 5.10 Å². The standard InChI is InChI=1S/C13H15Cl2N3O/c1-16-12(9-6-8(14)4-5-10(9)15)13-11(19-3)7-17-18(13)2/h4-7,12,16H,1-3H3. The Kier molecular flexibility index (Phi) is 4.34. The zero-order chi connectivity index (χ0) is 14.0. The maximum atomic E-state index is 6.27. The van der Waals surface area contributed by atoms with E-state index >= 15 is 0 Å². The summed E-state index contributed by atoms with van der Waals surface area (Å²) in [5, 5.41) is 8.71. The van der Waals surface area contributed by atoms with Crippen LogP contribution in [0, 0.1) is 0 Å². The normalized spacial score (nSPS) is 12.5. The van der Waals surface area contributed by atoms with Crippen LogP contribution < -0.4 is 10.1 Å². The fraction of sp³-hybridized carbons (Fsp3) is 0.308. The molecule has 0 bridgehead atoms. The van der Waals surface area contributed by atoms with Crippen LogP contribution in [0.2, 0.25) is 10.0 Å². The van der Waals surface area contributed by atoms with E-state index in [0.29, 0.717) is 15.8 Å². The maximum Gasteiger partial charge on any atom is 0.161 e. The van der Waals surface area contributed by atoms with Crippen LogP contribution >= 0.6 is 23.2 Å². The topological polar surface area (TPSA) is 39.1 Å². The average molecular weight is 300 g/mol. The van der Waals surface area contributed by atoms with Crippen LogP contribution in [0.25, 0.3) is 0 Å². The molecule has 1 atom stereocenters. The van der Waals surface area contributed by atoms with Crippen molar-refractivity contribution in [2.75, 3.05) is 14.2 Å². The molecular formula is C13H15Cl2N3O. The van der Waals surface area contributed by atoms with Gasteiger partial charge in [-0.1, -0.05) is 23.2 Å². The van der Waals surface area contributed by atoms with Crippen LogP contribution in [-0.2, 0) is 7.05 Å². The molecule has 1 N–H and O–H groups in total. The van der Waals surface area contributed by atoms with E-state index in [0.717, 1.165) is 11.3 Å². The van der Waals surface area contributed by atoms with Gasteiger partial charge in [0.25, 0.3) is 0 Å². The van der Waals surface area contributed by atoms with Gasteiger partial charge in [-0.3, -0.25) is 4.68 Å². The first-order valence-electron chi connectivity index (χ1n) is 5.76. The first-order chi connectivity index (χ1) is 9.08. The Bertz CT molecular complexity index is 583. The molecule has 0 aliphatic carbocycles. The number of hydrogen-bond acceptors (Lipinski definition) is 3. The first-order valence-corrected chi connectivity index (χ1v) is 6.52. The molecule has 0 fully saturated rings. The van der Waals surface area contributed by atoms with Gasteiger partial charge in [0.2, 0.25) is 0 Å². The quantitative estimate of drug-likeness (QED) is 0.943. The average Bonchev–Trinajstić information content (AvgIpc) is 2.76. The van der Waals surface area contributed by atoms with E-state index in [-0.39, 0.29) is 6.04 Å². The van der Waals surface area contributed by atoms with E-state index in [9.17, 15) is 0 Å². The molecular weight excluding hydrogens is 285 g/mol. The van der Waals surface area contributed by atoms with Crippen molar-refractivity contribution in [3.8, 4) is 5.75 Å². The molecule has 1 heterocycles. The van der Waals surface area contributed by atoms with Crippen LogP contribution in [0.1, 0.15) is 17.3 Å². The Morgan fingerprint density at radius 3 is 2.74 bits per heavy atom. The van der Waals surface area contributed by atoms with E-state index < -0.39 is 0 Å². The minimum Gasteiger partial charge on any atom is -0.493 e. The third kappa shape index (κ3) is 2.71. The van der Waals surface area contributed by atoms with Crippen LogP contribution in [-0.4, -0.2) is 23.9 Å². The summed E-state index contributed by atoms with van der Waals surface area (Å²) in [6.45, 7) is 0. The Balaban J connectivity index is 2.56. The third-order valence-electron chi connectivity index (χ3n) is 3.00. The molecule has 6 heteroatoms. The number of benzene rings is 1. The number of hydrogen-bond donors (Lipinski definition) is 1. The van der Waals surface area contributed by atoms with Gasteiger partial charge < -0.3 is 10.1 Å². The Morgan fingerprint density at radius 1 is 1.37 bits per heavy atom. The summed E-state index contributed by atoms with van der Waals surface area (Å²) in [6.07, 6.45) is 1.68. The van der Waals surface area contributed by atoms with E-state index in [1.54, 1.807) is 30.1 Å². The molecule has 19 heavy (non-hydrogen) atoms. The van der Waals surface area contributed by atoms with Crippen molar-refractivity contribution in [3.63, 3.8) is 0 Å². The second-order valence-electron chi connectivity index (χ2n) is 4.11. The van der Waals surface area contributed by atoms with Crippen LogP contribution in [0.4, 0.5) is 0 Å². The highest BCUT2D eigenvalue weighted by Gasteiger charge is 2.23. The molecule has 0 spiro atoms. The summed E-state index contributed by atoms with van der Waals surface area (Å²) in [6, 6.07) is 5.25. The minimum atomic E-state index is -0.145. The summed E-state index contributed by atoms with van der Waals surface area (Å²) >= 11 is 12.3. The Labute approximate surface area is 122 Å². The molecule has 0 amide bonds. The van der Waals surface area contributed by atoms with Crippen LogP contribution in [0.3, 0.4) is 0 Å². The smallest absolute Gasteiger partial charge is 0.161 e. The number of halogens is 2. The number of methoxy groups -OCH3 is 1. The molecule has 1 aromatic heterocycles. The van der Waals surface area contributed by atoms with E-state index in [1.165, 1.54) is 0 Å². The fourth-order valence-corrected chi connectivity index (χ4v) is 2.50. The summed E-state index contributed by atoms with van der Waals surface area (Å²) in [5.74, 6) is 0.706. The number of nitrogens with one attached hydrogen (secondary N) is 1. The Hall–Kier alpha value is -1.23. The molecule has 0 aliphatic rings. The molecule has 2 aromatic rings. The number of rotatable bonds is 4. The first kappa shape index (κ1) is 14.2. The summed E-state index contributed by atoms with van der Waals surface area (Å²) in [5.41, 5.74) is 1.78. The lowest BCUT2D eigenvalue weighted by molar-refractivity contribution is 0.402. The molecule has 1 unspecified atom stereocenters. The van der Waals surface area contributed by atoms with E-state index in [2.05, 4.69) is 10.4 Å². The van der Waals surface area contributed by atoms with Crippen molar-refractivity contribution in [2.24, 2.45) is 7.05 Å². The SMILES string of the molecule is CNC(c1cc(Cl)ccc1Cl)c1c(OC)cnn1C. The van der Waals surface area contributed by atoms with Gasteiger partial charge in [0.05, 0.1) is 19.3 Å². The molecule has 0 saturated carbocycles. The van der Waals surface area contributed by atoms with Crippen LogP contribution in [0.5, 0.6) is 5.75 Å². The lowest BCUT2D eigenvalue weighted by Crippen LogP contribution is -2.21. The minimum absolute atomic E-state index is 0.145. The predicted octanol–water partition coefficient (Wildman–Crippen LogP) is 3.04. The van der Waals surface area contributed by atoms with Crippen molar-refractivity contribution in [3.05, 3.63) is 45.7 Å². The van der Waals surface area contributed by atoms with Gasteiger partial charge >= 0.3 is 0 Å². The molecule has 2 rings (SSSR count). The Morgan fingerprint density at radius 2 is 2.11 bits per heavy atom. The number of nitrogens with zero attached hydrogens (tertiary/aromatic N) is 2. The molecule has 0 aliphatic heterocycles. The van der Waals surface area contributed by atoms with Gasteiger partial charge in [0.15, 0.2) is 5.75 Å². The second kappa shape index (κ2) is 5.82. The molecule has 0 saturated heterocycles. The largest absolute Gasteiger partial charge is 0.493 e. The fourth-order valence-electron chi connectivity index (χ4n) is 2.09. The highest BCUT2D eigenvalue weighted by atomic mass is 35.5. The van der Waals surface area contributed by atoms with Gasteiger partial charge in [-0.05, 0) is 30.8 Å². The zero-order valence-corrected chi connectivity index (χ0v) is 12.5. The lowest BCUT2D eigenvalue weighted by Gasteiger charge is -2.19. The zero-order valence-electron chi connectivity index (χ0n) is 10.9. The highest BCUT2D eigenvalue weighted by Crippen LogP contribution is 2.34. The molecule has 102 valence electrons. The van der Waals surface area contributed by atoms with Crippen molar-refractivity contribution in [1.29, 1.82) is 0 Å². The van der Waals surface area contributed by atoms with E-state index in [1.807, 2.05) is 20.2 Å². The van der Waals surface area contributed by atoms with E-state index in [4.69, 9.17) is 27.9 Å². The van der Waals surface area contributed by atoms with Crippen molar-refractivity contribution >= 4 is 23.2 Å². The third-order valence-corrected chi connectivity index (χ3v) is 3.58. The molecule has 1 aromatic carbocycles. The van der Waals surface area contributed by atoms with Crippen molar-refractivity contribution in [2.45, 2.75) is 6.04 Å². The summed E-state index contributed by atoms with van der Waals surface area (Å²) < 4.78 is 7.10. The van der Waals surface area contributed by atoms with Gasteiger partial charge in [-0.15, -0.1) is 0 Å². The summed E-state index contributed by atoms with van der Waals surface area (Å²) in [7, 11) is 5.34. The summed E-state index contributed by atoms with van der Waals surface area (Å²) in [4.78, 5) is 0.